The first-order chi connectivity index (χ1) is 14.5. The molecule has 4 rings (SSSR count). The van der Waals surface area contributed by atoms with Crippen molar-refractivity contribution in [3.05, 3.63) is 64.4 Å². The molecular formula is C23H26N4O2S. The van der Waals surface area contributed by atoms with E-state index in [0.717, 1.165) is 48.0 Å². The van der Waals surface area contributed by atoms with E-state index < -0.39 is 0 Å². The molecule has 6 nitrogen and oxygen atoms in total. The number of benzene rings is 1. The lowest BCUT2D eigenvalue weighted by Crippen LogP contribution is -2.33. The van der Waals surface area contributed by atoms with Crippen molar-refractivity contribution in [1.82, 2.24) is 14.9 Å². The average molecular weight is 423 g/mol. The van der Waals surface area contributed by atoms with E-state index in [1.807, 2.05) is 31.3 Å². The van der Waals surface area contributed by atoms with Gasteiger partial charge in [0, 0.05) is 42.8 Å². The summed E-state index contributed by atoms with van der Waals surface area (Å²) in [5.41, 5.74) is 3.69. The van der Waals surface area contributed by atoms with E-state index in [-0.39, 0.29) is 5.91 Å². The molecular weight excluding hydrogens is 396 g/mol. The zero-order valence-electron chi connectivity index (χ0n) is 17.5. The van der Waals surface area contributed by atoms with Gasteiger partial charge in [-0.05, 0) is 62.1 Å². The van der Waals surface area contributed by atoms with Gasteiger partial charge in [-0.15, -0.1) is 11.3 Å². The molecule has 0 radical (unpaired) electrons. The fourth-order valence-corrected chi connectivity index (χ4v) is 4.59. The predicted molar refractivity (Wildman–Crippen MR) is 119 cm³/mol. The van der Waals surface area contributed by atoms with Crippen LogP contribution in [0.25, 0.3) is 0 Å². The highest BCUT2D eigenvalue weighted by molar-refractivity contribution is 7.15. The number of hydrogen-bond donors (Lipinski definition) is 1. The molecule has 3 aromatic rings. The number of aromatic nitrogens is 2. The number of ether oxygens (including phenoxy) is 1. The van der Waals surface area contributed by atoms with Gasteiger partial charge in [0.2, 0.25) is 5.91 Å². The van der Waals surface area contributed by atoms with E-state index in [1.54, 1.807) is 17.5 Å². The first-order valence-corrected chi connectivity index (χ1v) is 11.0. The molecule has 1 aliphatic rings. The van der Waals surface area contributed by atoms with Crippen LogP contribution in [0.4, 0.5) is 5.13 Å². The molecule has 156 valence electrons. The van der Waals surface area contributed by atoms with Crippen LogP contribution in [0.2, 0.25) is 0 Å². The van der Waals surface area contributed by atoms with E-state index in [1.165, 1.54) is 18.1 Å². The quantitative estimate of drug-likeness (QED) is 0.652. The first-order valence-electron chi connectivity index (χ1n) is 10.1. The van der Waals surface area contributed by atoms with E-state index in [4.69, 9.17) is 4.74 Å². The number of thiazole rings is 1. The smallest absolute Gasteiger partial charge is 0.223 e. The molecule has 0 spiro atoms. The van der Waals surface area contributed by atoms with Crippen molar-refractivity contribution in [2.45, 2.75) is 46.2 Å². The summed E-state index contributed by atoms with van der Waals surface area (Å²) in [6.45, 7) is 7.56. The number of pyridine rings is 1. The molecule has 1 amide bonds. The van der Waals surface area contributed by atoms with Gasteiger partial charge < -0.3 is 10.1 Å². The van der Waals surface area contributed by atoms with Crippen LogP contribution in [0, 0.1) is 6.92 Å². The minimum Gasteiger partial charge on any atom is -0.456 e. The minimum absolute atomic E-state index is 0.0890. The van der Waals surface area contributed by atoms with Gasteiger partial charge in [0.1, 0.15) is 11.5 Å². The van der Waals surface area contributed by atoms with Crippen molar-refractivity contribution in [2.24, 2.45) is 0 Å². The van der Waals surface area contributed by atoms with Crippen LogP contribution in [0.15, 0.2) is 42.7 Å². The van der Waals surface area contributed by atoms with Crippen molar-refractivity contribution >= 4 is 22.4 Å². The lowest BCUT2D eigenvalue weighted by Gasteiger charge is -2.26. The molecule has 0 unspecified atom stereocenters. The van der Waals surface area contributed by atoms with Crippen molar-refractivity contribution in [1.29, 1.82) is 0 Å². The Kier molecular flexibility index (Phi) is 6.11. The van der Waals surface area contributed by atoms with Crippen LogP contribution < -0.4 is 10.1 Å². The first kappa shape index (κ1) is 20.5. The van der Waals surface area contributed by atoms with Crippen molar-refractivity contribution in [3.8, 4) is 11.5 Å². The van der Waals surface area contributed by atoms with Gasteiger partial charge in [0.15, 0.2) is 5.13 Å². The Labute approximate surface area is 180 Å². The maximum Gasteiger partial charge on any atom is 0.223 e. The molecule has 7 heteroatoms. The van der Waals surface area contributed by atoms with Crippen LogP contribution in [-0.2, 0) is 24.2 Å². The second kappa shape index (κ2) is 8.93. The third-order valence-corrected chi connectivity index (χ3v) is 6.20. The van der Waals surface area contributed by atoms with E-state index in [2.05, 4.69) is 39.2 Å². The fourth-order valence-electron chi connectivity index (χ4n) is 3.71. The number of carbonyl (C=O) groups excluding carboxylic acids is 1. The van der Waals surface area contributed by atoms with E-state index >= 15 is 0 Å². The normalized spacial score (nSPS) is 16.6. The highest BCUT2D eigenvalue weighted by atomic mass is 32.1. The maximum atomic E-state index is 11.2. The van der Waals surface area contributed by atoms with Crippen molar-refractivity contribution in [3.63, 3.8) is 0 Å². The number of carbonyl (C=O) groups is 1. The molecule has 0 saturated heterocycles. The van der Waals surface area contributed by atoms with Crippen LogP contribution in [0.5, 0.6) is 11.5 Å². The maximum absolute atomic E-state index is 11.2. The predicted octanol–water partition coefficient (Wildman–Crippen LogP) is 4.59. The number of nitrogens with zero attached hydrogens (tertiary/aromatic N) is 3. The second-order valence-electron chi connectivity index (χ2n) is 7.75. The number of rotatable bonds is 5. The lowest BCUT2D eigenvalue weighted by atomic mass is 10.0. The number of amides is 1. The fraction of sp³-hybridized carbons (Fsp3) is 0.348. The molecule has 2 aromatic heterocycles. The zero-order valence-corrected chi connectivity index (χ0v) is 18.3. The molecule has 1 atom stereocenters. The van der Waals surface area contributed by atoms with Crippen LogP contribution in [0.3, 0.4) is 0 Å². The van der Waals surface area contributed by atoms with Crippen molar-refractivity contribution < 1.29 is 9.53 Å². The summed E-state index contributed by atoms with van der Waals surface area (Å²) >= 11 is 1.54. The number of hydrogen-bond acceptors (Lipinski definition) is 6. The third-order valence-electron chi connectivity index (χ3n) is 5.30. The highest BCUT2D eigenvalue weighted by Crippen LogP contribution is 2.29. The Balaban J connectivity index is 1.44. The minimum atomic E-state index is -0.0890. The number of nitrogens with one attached hydrogen (secondary N) is 1. The standard InChI is InChI=1S/C23H26N4O2S/c1-15-4-6-21(12-24-15)29-20-7-5-18-8-9-27(16(2)10-19(18)11-20)14-22-13-25-23(30-22)26-17(3)28/h4-7,11-13,16H,8-10,14H2,1-3H3,(H,25,26,28)/t16-/m0/s1. The summed E-state index contributed by atoms with van der Waals surface area (Å²) in [4.78, 5) is 23.5. The lowest BCUT2D eigenvalue weighted by molar-refractivity contribution is -0.114. The SMILES string of the molecule is CC(=O)Nc1ncc(CN2CCc3ccc(Oc4ccc(C)nc4)cc3C[C@@H]2C)s1. The Morgan fingerprint density at radius 2 is 2.03 bits per heavy atom. The van der Waals surface area contributed by atoms with Gasteiger partial charge in [-0.2, -0.15) is 0 Å². The molecule has 1 N–H and O–H groups in total. The van der Waals surface area contributed by atoms with Crippen LogP contribution >= 0.6 is 11.3 Å². The molecule has 0 aliphatic carbocycles. The summed E-state index contributed by atoms with van der Waals surface area (Å²) in [7, 11) is 0. The largest absolute Gasteiger partial charge is 0.456 e. The Morgan fingerprint density at radius 3 is 2.80 bits per heavy atom. The van der Waals surface area contributed by atoms with Gasteiger partial charge in [-0.1, -0.05) is 6.07 Å². The monoisotopic (exact) mass is 422 g/mol. The summed E-state index contributed by atoms with van der Waals surface area (Å²) < 4.78 is 6.02. The summed E-state index contributed by atoms with van der Waals surface area (Å²) in [5.74, 6) is 1.51. The molecule has 1 aliphatic heterocycles. The van der Waals surface area contributed by atoms with Gasteiger partial charge in [0.05, 0.1) is 6.20 Å². The van der Waals surface area contributed by atoms with Gasteiger partial charge in [-0.3, -0.25) is 14.7 Å². The summed E-state index contributed by atoms with van der Waals surface area (Å²) in [5, 5.41) is 3.42. The third kappa shape index (κ3) is 5.04. The topological polar surface area (TPSA) is 67.4 Å². The summed E-state index contributed by atoms with van der Waals surface area (Å²) in [6.07, 6.45) is 5.59. The van der Waals surface area contributed by atoms with Crippen LogP contribution in [-0.4, -0.2) is 33.4 Å². The van der Waals surface area contributed by atoms with Gasteiger partial charge in [-0.25, -0.2) is 4.98 Å². The second-order valence-corrected chi connectivity index (χ2v) is 8.87. The highest BCUT2D eigenvalue weighted by Gasteiger charge is 2.22. The van der Waals surface area contributed by atoms with Crippen molar-refractivity contribution in [2.75, 3.05) is 11.9 Å². The van der Waals surface area contributed by atoms with Crippen LogP contribution in [0.1, 0.15) is 35.5 Å². The molecule has 1 aromatic carbocycles. The zero-order chi connectivity index (χ0) is 21.1. The van der Waals surface area contributed by atoms with Gasteiger partial charge in [0.25, 0.3) is 0 Å². The number of fused-ring (bicyclic) bond motifs is 1. The Bertz CT molecular complexity index is 1030. The molecule has 0 bridgehead atoms. The Morgan fingerprint density at radius 1 is 1.20 bits per heavy atom. The average Bonchev–Trinajstić information content (AvgIpc) is 3.07. The van der Waals surface area contributed by atoms with E-state index in [0.29, 0.717) is 11.2 Å². The van der Waals surface area contributed by atoms with Gasteiger partial charge >= 0.3 is 0 Å². The van der Waals surface area contributed by atoms with E-state index in [9.17, 15) is 4.79 Å². The molecule has 3 heterocycles. The molecule has 0 saturated carbocycles. The number of anilines is 1. The summed E-state index contributed by atoms with van der Waals surface area (Å²) in [6, 6.07) is 10.7. The number of aryl methyl sites for hydroxylation is 1. The molecule has 30 heavy (non-hydrogen) atoms. The molecule has 0 fully saturated rings. The Hall–Kier alpha value is -2.77.